The third-order valence-electron chi connectivity index (χ3n) is 3.49. The number of unbranched alkanes of at least 4 members (excludes halogenated alkanes) is 2. The molecule has 0 nitrogen and oxygen atoms in total. The molecule has 0 heterocycles. The molecule has 0 N–H and O–H groups in total. The maximum absolute atomic E-state index is 2.45. The number of rotatable bonds is 6. The maximum atomic E-state index is 2.45. The zero-order chi connectivity index (χ0) is 11.3. The summed E-state index contributed by atoms with van der Waals surface area (Å²) in [6.07, 6.45) is 10.4. The predicted octanol–water partition coefficient (Wildman–Crippen LogP) is 5.26. The minimum absolute atomic E-state index is 0.711. The van der Waals surface area contributed by atoms with E-state index in [2.05, 4.69) is 33.8 Å². The normalized spacial score (nSPS) is 21.1. The quantitative estimate of drug-likeness (QED) is 0.556. The van der Waals surface area contributed by atoms with Gasteiger partial charge in [-0.15, -0.1) is 0 Å². The molecule has 0 radical (unpaired) electrons. The van der Waals surface area contributed by atoms with Gasteiger partial charge in [-0.25, -0.2) is 0 Å². The lowest BCUT2D eigenvalue weighted by atomic mass is 9.94. The molecule has 0 aromatic carbocycles. The number of hydrogen-bond acceptors (Lipinski definition) is 0. The van der Waals surface area contributed by atoms with Crippen LogP contribution in [0.1, 0.15) is 66.2 Å². The van der Waals surface area contributed by atoms with E-state index in [1.54, 1.807) is 16.7 Å². The van der Waals surface area contributed by atoms with E-state index in [0.717, 1.165) is 0 Å². The molecular formula is C15H26. The first-order chi connectivity index (χ1) is 7.20. The van der Waals surface area contributed by atoms with E-state index in [0.29, 0.717) is 5.92 Å². The zero-order valence-corrected chi connectivity index (χ0v) is 10.9. The predicted molar refractivity (Wildman–Crippen MR) is 69.0 cm³/mol. The van der Waals surface area contributed by atoms with E-state index < -0.39 is 0 Å². The first-order valence-corrected chi connectivity index (χ1v) is 6.61. The molecule has 0 bridgehead atoms. The van der Waals surface area contributed by atoms with Gasteiger partial charge in [0.05, 0.1) is 0 Å². The van der Waals surface area contributed by atoms with Crippen molar-refractivity contribution in [1.29, 1.82) is 0 Å². The van der Waals surface area contributed by atoms with Crippen LogP contribution in [-0.4, -0.2) is 0 Å². The van der Waals surface area contributed by atoms with Crippen molar-refractivity contribution in [2.45, 2.75) is 66.2 Å². The van der Waals surface area contributed by atoms with Gasteiger partial charge in [-0.2, -0.15) is 0 Å². The van der Waals surface area contributed by atoms with Gasteiger partial charge < -0.3 is 0 Å². The molecule has 15 heavy (non-hydrogen) atoms. The van der Waals surface area contributed by atoms with Crippen molar-refractivity contribution in [3.8, 4) is 0 Å². The zero-order valence-electron chi connectivity index (χ0n) is 10.9. The van der Waals surface area contributed by atoms with E-state index in [-0.39, 0.29) is 0 Å². The lowest BCUT2D eigenvalue weighted by Crippen LogP contribution is -1.95. The Morgan fingerprint density at radius 3 is 2.27 bits per heavy atom. The van der Waals surface area contributed by atoms with Gasteiger partial charge in [-0.05, 0) is 44.1 Å². The van der Waals surface area contributed by atoms with Crippen LogP contribution in [-0.2, 0) is 0 Å². The Bertz CT molecular complexity index is 255. The lowest BCUT2D eigenvalue weighted by molar-refractivity contribution is 0.703. The lowest BCUT2D eigenvalue weighted by Gasteiger charge is -2.12. The van der Waals surface area contributed by atoms with Crippen LogP contribution in [0.15, 0.2) is 22.8 Å². The van der Waals surface area contributed by atoms with Gasteiger partial charge >= 0.3 is 0 Å². The summed E-state index contributed by atoms with van der Waals surface area (Å²) in [5.74, 6) is 0.711. The van der Waals surface area contributed by atoms with Crippen molar-refractivity contribution < 1.29 is 0 Å². The van der Waals surface area contributed by atoms with Crippen molar-refractivity contribution in [3.05, 3.63) is 22.8 Å². The van der Waals surface area contributed by atoms with Gasteiger partial charge in [-0.1, -0.05) is 50.8 Å². The summed E-state index contributed by atoms with van der Waals surface area (Å²) in [7, 11) is 0. The molecule has 86 valence electrons. The highest BCUT2D eigenvalue weighted by molar-refractivity contribution is 5.43. The molecule has 0 heteroatoms. The molecule has 0 saturated carbocycles. The van der Waals surface area contributed by atoms with Crippen LogP contribution in [0.4, 0.5) is 0 Å². The maximum Gasteiger partial charge on any atom is -0.00399 e. The smallest absolute Gasteiger partial charge is 0.00399 e. The van der Waals surface area contributed by atoms with Crippen molar-refractivity contribution >= 4 is 0 Å². The molecule has 0 amide bonds. The monoisotopic (exact) mass is 206 g/mol. The van der Waals surface area contributed by atoms with Crippen molar-refractivity contribution in [2.24, 2.45) is 5.92 Å². The van der Waals surface area contributed by atoms with Crippen LogP contribution in [0.2, 0.25) is 0 Å². The molecule has 1 atom stereocenters. The van der Waals surface area contributed by atoms with E-state index >= 15 is 0 Å². The van der Waals surface area contributed by atoms with E-state index in [9.17, 15) is 0 Å². The summed E-state index contributed by atoms with van der Waals surface area (Å²) >= 11 is 0. The molecule has 0 aromatic heterocycles. The number of allylic oxidation sites excluding steroid dienone is 4. The second-order valence-electron chi connectivity index (χ2n) is 4.85. The Morgan fingerprint density at radius 1 is 1.07 bits per heavy atom. The highest BCUT2D eigenvalue weighted by atomic mass is 14.2. The summed E-state index contributed by atoms with van der Waals surface area (Å²) < 4.78 is 0. The van der Waals surface area contributed by atoms with E-state index in [1.807, 2.05) is 0 Å². The van der Waals surface area contributed by atoms with Crippen molar-refractivity contribution in [3.63, 3.8) is 0 Å². The Morgan fingerprint density at radius 2 is 1.67 bits per heavy atom. The molecule has 0 fully saturated rings. The molecule has 1 aliphatic carbocycles. The molecular weight excluding hydrogens is 180 g/mol. The highest BCUT2D eigenvalue weighted by Crippen LogP contribution is 2.36. The fourth-order valence-corrected chi connectivity index (χ4v) is 2.56. The fourth-order valence-electron chi connectivity index (χ4n) is 2.56. The molecule has 1 rings (SSSR count). The van der Waals surface area contributed by atoms with Crippen LogP contribution in [0.3, 0.4) is 0 Å². The van der Waals surface area contributed by atoms with Crippen molar-refractivity contribution in [1.82, 2.24) is 0 Å². The van der Waals surface area contributed by atoms with Crippen molar-refractivity contribution in [2.75, 3.05) is 0 Å². The Balaban J connectivity index is 2.69. The van der Waals surface area contributed by atoms with Gasteiger partial charge in [0, 0.05) is 0 Å². The van der Waals surface area contributed by atoms with Gasteiger partial charge in [0.25, 0.3) is 0 Å². The topological polar surface area (TPSA) is 0 Å². The third-order valence-corrected chi connectivity index (χ3v) is 3.49. The second-order valence-corrected chi connectivity index (χ2v) is 4.85. The van der Waals surface area contributed by atoms with Gasteiger partial charge in [0.2, 0.25) is 0 Å². The second kappa shape index (κ2) is 6.15. The fraction of sp³-hybridized carbons (Fsp3) is 0.733. The Kier molecular flexibility index (Phi) is 5.14. The summed E-state index contributed by atoms with van der Waals surface area (Å²) in [5, 5.41) is 0. The van der Waals surface area contributed by atoms with E-state index in [4.69, 9.17) is 0 Å². The van der Waals surface area contributed by atoms with E-state index in [1.165, 1.54) is 38.5 Å². The first kappa shape index (κ1) is 12.5. The van der Waals surface area contributed by atoms with Crippen LogP contribution in [0, 0.1) is 5.92 Å². The summed E-state index contributed by atoms with van der Waals surface area (Å²) in [5.41, 5.74) is 4.99. The number of hydrogen-bond donors (Lipinski definition) is 0. The summed E-state index contributed by atoms with van der Waals surface area (Å²) in [4.78, 5) is 0. The Hall–Kier alpha value is -0.520. The third kappa shape index (κ3) is 3.22. The molecule has 0 saturated heterocycles. The molecule has 0 aliphatic heterocycles. The van der Waals surface area contributed by atoms with Crippen LogP contribution in [0.5, 0.6) is 0 Å². The SMILES string of the molecule is CCCCC1=C(CCCC)C(C)C=C1C. The minimum Gasteiger partial charge on any atom is -0.0744 e. The molecule has 1 unspecified atom stereocenters. The Labute approximate surface area is 95.5 Å². The average molecular weight is 206 g/mol. The minimum atomic E-state index is 0.711. The van der Waals surface area contributed by atoms with Crippen LogP contribution in [0.25, 0.3) is 0 Å². The van der Waals surface area contributed by atoms with Gasteiger partial charge in [-0.3, -0.25) is 0 Å². The summed E-state index contributed by atoms with van der Waals surface area (Å²) in [6.45, 7) is 9.21. The summed E-state index contributed by atoms with van der Waals surface area (Å²) in [6, 6.07) is 0. The molecule has 0 spiro atoms. The molecule has 0 aromatic rings. The van der Waals surface area contributed by atoms with Gasteiger partial charge in [0.15, 0.2) is 0 Å². The molecule has 1 aliphatic rings. The largest absolute Gasteiger partial charge is 0.0744 e. The van der Waals surface area contributed by atoms with Gasteiger partial charge in [0.1, 0.15) is 0 Å². The standard InChI is InChI=1S/C15H26/c1-5-7-9-14-12(3)11-13(4)15(14)10-8-6-2/h11-12H,5-10H2,1-4H3. The highest BCUT2D eigenvalue weighted by Gasteiger charge is 2.19. The average Bonchev–Trinajstić information content (AvgIpc) is 2.47. The first-order valence-electron chi connectivity index (χ1n) is 6.61. The van der Waals surface area contributed by atoms with Crippen LogP contribution >= 0.6 is 0 Å². The van der Waals surface area contributed by atoms with Crippen LogP contribution < -0.4 is 0 Å².